The average molecular weight is 482 g/mol. The summed E-state index contributed by atoms with van der Waals surface area (Å²) in [6, 6.07) is 16.9. The van der Waals surface area contributed by atoms with E-state index >= 15 is 0 Å². The first-order chi connectivity index (χ1) is 16.6. The molecule has 1 heterocycles. The monoisotopic (exact) mass is 481 g/mol. The molecule has 8 nitrogen and oxygen atoms in total. The van der Waals surface area contributed by atoms with E-state index in [4.69, 9.17) is 4.74 Å². The number of benzene rings is 2. The third-order valence-corrected chi connectivity index (χ3v) is 5.79. The van der Waals surface area contributed by atoms with Crippen molar-refractivity contribution in [3.63, 3.8) is 0 Å². The van der Waals surface area contributed by atoms with Gasteiger partial charge in [-0.1, -0.05) is 60.7 Å². The lowest BCUT2D eigenvalue weighted by molar-refractivity contribution is -0.146. The Balaban J connectivity index is 1.71. The zero-order chi connectivity index (χ0) is 25.4. The molecule has 1 unspecified atom stereocenters. The molecule has 0 aliphatic carbocycles. The highest BCUT2D eigenvalue weighted by Gasteiger charge is 2.40. The third-order valence-electron chi connectivity index (χ3n) is 5.79. The Hall–Kier alpha value is -3.39. The molecule has 3 atom stereocenters. The largest absolute Gasteiger partial charge is 0.445 e. The van der Waals surface area contributed by atoms with Crippen LogP contribution in [0.15, 0.2) is 60.7 Å². The van der Waals surface area contributed by atoms with Crippen LogP contribution in [0.25, 0.3) is 0 Å². The molecule has 0 spiro atoms. The molecule has 1 aliphatic rings. The van der Waals surface area contributed by atoms with Gasteiger partial charge < -0.3 is 25.4 Å². The Kier molecular flexibility index (Phi) is 8.87. The molecule has 188 valence electrons. The van der Waals surface area contributed by atoms with E-state index in [1.54, 1.807) is 0 Å². The van der Waals surface area contributed by atoms with Gasteiger partial charge in [0.2, 0.25) is 5.91 Å². The molecule has 3 amide bonds. The summed E-state index contributed by atoms with van der Waals surface area (Å²) < 4.78 is 5.32. The van der Waals surface area contributed by atoms with Gasteiger partial charge in [0, 0.05) is 12.1 Å². The van der Waals surface area contributed by atoms with Gasteiger partial charge >= 0.3 is 6.09 Å². The van der Waals surface area contributed by atoms with Crippen molar-refractivity contribution in [1.29, 1.82) is 0 Å². The van der Waals surface area contributed by atoms with E-state index in [0.29, 0.717) is 19.4 Å². The first-order valence-electron chi connectivity index (χ1n) is 12.0. The zero-order valence-electron chi connectivity index (χ0n) is 20.6. The summed E-state index contributed by atoms with van der Waals surface area (Å²) in [6.07, 6.45) is -0.860. The van der Waals surface area contributed by atoms with E-state index in [9.17, 15) is 19.5 Å². The predicted octanol–water partition coefficient (Wildman–Crippen LogP) is 2.79. The lowest BCUT2D eigenvalue weighted by Crippen LogP contribution is -2.57. The smallest absolute Gasteiger partial charge is 0.407 e. The van der Waals surface area contributed by atoms with Gasteiger partial charge in [0.05, 0.1) is 6.04 Å². The van der Waals surface area contributed by atoms with Crippen LogP contribution in [0.1, 0.15) is 44.7 Å². The number of nitrogens with zero attached hydrogens (tertiary/aromatic N) is 1. The van der Waals surface area contributed by atoms with Crippen molar-refractivity contribution in [3.8, 4) is 0 Å². The van der Waals surface area contributed by atoms with Crippen LogP contribution in [0, 0.1) is 0 Å². The van der Waals surface area contributed by atoms with Crippen LogP contribution in [0.2, 0.25) is 0 Å². The molecule has 35 heavy (non-hydrogen) atoms. The molecule has 0 radical (unpaired) electrons. The molecule has 3 rings (SSSR count). The number of hydrogen-bond donors (Lipinski definition) is 3. The fourth-order valence-corrected chi connectivity index (χ4v) is 4.12. The molecule has 8 heteroatoms. The number of carbonyl (C=O) groups excluding carboxylic acids is 3. The summed E-state index contributed by atoms with van der Waals surface area (Å²) in [5.41, 5.74) is 1.23. The van der Waals surface area contributed by atoms with Crippen LogP contribution < -0.4 is 10.6 Å². The molecule has 2 aromatic carbocycles. The second-order valence-corrected chi connectivity index (χ2v) is 9.88. The number of ether oxygens (including phenoxy) is 1. The first-order valence-corrected chi connectivity index (χ1v) is 12.0. The lowest BCUT2D eigenvalue weighted by Gasteiger charge is -2.31. The van der Waals surface area contributed by atoms with Crippen molar-refractivity contribution in [1.82, 2.24) is 15.5 Å². The van der Waals surface area contributed by atoms with Crippen molar-refractivity contribution >= 4 is 17.9 Å². The van der Waals surface area contributed by atoms with E-state index < -0.39 is 35.7 Å². The van der Waals surface area contributed by atoms with Gasteiger partial charge in [-0.2, -0.15) is 0 Å². The van der Waals surface area contributed by atoms with Crippen LogP contribution in [0.4, 0.5) is 4.79 Å². The van der Waals surface area contributed by atoms with Crippen molar-refractivity contribution in [2.45, 2.75) is 70.4 Å². The summed E-state index contributed by atoms with van der Waals surface area (Å²) in [4.78, 5) is 40.1. The standard InChI is InChI=1S/C27H35N3O5/c1-27(2,3)29-24(32)22-15-10-16-30(22)25(33)23(31)21(17-19-11-6-4-7-12-19)28-26(34)35-18-20-13-8-5-9-14-20/h4-9,11-14,21-23,31H,10,15-18H2,1-3H3,(H,28,34)(H,29,32)/t21?,22-,23-/m0/s1. The topological polar surface area (TPSA) is 108 Å². The Morgan fingerprint density at radius 1 is 1.03 bits per heavy atom. The number of amides is 3. The van der Waals surface area contributed by atoms with Gasteiger partial charge in [0.15, 0.2) is 6.10 Å². The van der Waals surface area contributed by atoms with Gasteiger partial charge in [-0.25, -0.2) is 4.79 Å². The molecule has 1 aliphatic heterocycles. The van der Waals surface area contributed by atoms with E-state index in [-0.39, 0.29) is 18.9 Å². The minimum absolute atomic E-state index is 0.0654. The number of carbonyl (C=O) groups is 3. The van der Waals surface area contributed by atoms with Gasteiger partial charge in [0.25, 0.3) is 5.91 Å². The second-order valence-electron chi connectivity index (χ2n) is 9.88. The molecule has 0 saturated carbocycles. The molecular weight excluding hydrogens is 446 g/mol. The van der Waals surface area contributed by atoms with Crippen LogP contribution in [0.5, 0.6) is 0 Å². The Morgan fingerprint density at radius 2 is 1.63 bits per heavy atom. The maximum atomic E-state index is 13.3. The number of hydrogen-bond acceptors (Lipinski definition) is 5. The van der Waals surface area contributed by atoms with Gasteiger partial charge in [-0.05, 0) is 51.2 Å². The summed E-state index contributed by atoms with van der Waals surface area (Å²) in [6.45, 7) is 6.07. The number of alkyl carbamates (subject to hydrolysis) is 1. The van der Waals surface area contributed by atoms with E-state index in [2.05, 4.69) is 10.6 Å². The maximum Gasteiger partial charge on any atom is 0.407 e. The minimum Gasteiger partial charge on any atom is -0.445 e. The zero-order valence-corrected chi connectivity index (χ0v) is 20.6. The van der Waals surface area contributed by atoms with Crippen LogP contribution >= 0.6 is 0 Å². The second kappa shape index (κ2) is 11.8. The SMILES string of the molecule is CC(C)(C)NC(=O)[C@@H]1CCCN1C(=O)[C@@H](O)C(Cc1ccccc1)NC(=O)OCc1ccccc1. The van der Waals surface area contributed by atoms with E-state index in [0.717, 1.165) is 11.1 Å². The lowest BCUT2D eigenvalue weighted by atomic mass is 10.00. The first kappa shape index (κ1) is 26.2. The number of aliphatic hydroxyl groups excluding tert-OH is 1. The number of rotatable bonds is 8. The fraction of sp³-hybridized carbons (Fsp3) is 0.444. The van der Waals surface area contributed by atoms with Crippen molar-refractivity contribution in [2.75, 3.05) is 6.54 Å². The highest BCUT2D eigenvalue weighted by Crippen LogP contribution is 2.21. The van der Waals surface area contributed by atoms with Gasteiger partial charge in [-0.15, -0.1) is 0 Å². The van der Waals surface area contributed by atoms with Crippen molar-refractivity contribution in [3.05, 3.63) is 71.8 Å². The number of likely N-dealkylation sites (tertiary alicyclic amines) is 1. The van der Waals surface area contributed by atoms with Gasteiger partial charge in [-0.3, -0.25) is 9.59 Å². The summed E-state index contributed by atoms with van der Waals surface area (Å²) in [5.74, 6) is -0.828. The maximum absolute atomic E-state index is 13.3. The molecule has 0 bridgehead atoms. The van der Waals surface area contributed by atoms with Gasteiger partial charge in [0.1, 0.15) is 12.6 Å². The Labute approximate surface area is 206 Å². The summed E-state index contributed by atoms with van der Waals surface area (Å²) in [5, 5.41) is 16.6. The van der Waals surface area contributed by atoms with Crippen LogP contribution in [-0.2, 0) is 27.4 Å². The molecule has 3 N–H and O–H groups in total. The highest BCUT2D eigenvalue weighted by molar-refractivity contribution is 5.90. The van der Waals surface area contributed by atoms with E-state index in [1.165, 1.54) is 4.90 Å². The molecule has 0 aromatic heterocycles. The normalized spacial score (nSPS) is 17.4. The Morgan fingerprint density at radius 3 is 2.23 bits per heavy atom. The van der Waals surface area contributed by atoms with Crippen LogP contribution in [-0.4, -0.2) is 58.2 Å². The average Bonchev–Trinajstić information content (AvgIpc) is 3.32. The number of aliphatic hydroxyl groups is 1. The van der Waals surface area contributed by atoms with Crippen molar-refractivity contribution < 1.29 is 24.2 Å². The molecule has 1 fully saturated rings. The Bertz CT molecular complexity index is 991. The number of nitrogens with one attached hydrogen (secondary N) is 2. The molecule has 1 saturated heterocycles. The highest BCUT2D eigenvalue weighted by atomic mass is 16.5. The molecule has 2 aromatic rings. The summed E-state index contributed by atoms with van der Waals surface area (Å²) in [7, 11) is 0. The quantitative estimate of drug-likeness (QED) is 0.537. The summed E-state index contributed by atoms with van der Waals surface area (Å²) >= 11 is 0. The minimum atomic E-state index is -1.54. The van der Waals surface area contributed by atoms with Crippen LogP contribution in [0.3, 0.4) is 0 Å². The fourth-order valence-electron chi connectivity index (χ4n) is 4.12. The van der Waals surface area contributed by atoms with E-state index in [1.807, 2.05) is 81.4 Å². The predicted molar refractivity (Wildman–Crippen MR) is 132 cm³/mol. The molecular formula is C27H35N3O5. The third kappa shape index (κ3) is 7.82. The van der Waals surface area contributed by atoms with Crippen molar-refractivity contribution in [2.24, 2.45) is 0 Å².